The van der Waals surface area contributed by atoms with Crippen molar-refractivity contribution < 1.29 is 0 Å². The fourth-order valence-corrected chi connectivity index (χ4v) is 2.43. The van der Waals surface area contributed by atoms with Gasteiger partial charge in [-0.25, -0.2) is 4.98 Å². The Balaban J connectivity index is 2.17. The number of halogens is 1. The summed E-state index contributed by atoms with van der Waals surface area (Å²) in [4.78, 5) is 4.30. The summed E-state index contributed by atoms with van der Waals surface area (Å²) in [6.07, 6.45) is 5.02. The Bertz CT molecular complexity index is 381. The molecule has 0 amide bonds. The molecule has 0 saturated carbocycles. The highest BCUT2D eigenvalue weighted by molar-refractivity contribution is 9.10. The Kier molecular flexibility index (Phi) is 6.01. The second kappa shape index (κ2) is 7.03. The van der Waals surface area contributed by atoms with Crippen LogP contribution < -0.4 is 0 Å². The minimum atomic E-state index is -0.180. The maximum absolute atomic E-state index is 8.88. The third kappa shape index (κ3) is 6.09. The molecule has 1 rings (SSSR count). The van der Waals surface area contributed by atoms with E-state index in [0.717, 1.165) is 34.5 Å². The number of nitrogens with zero attached hydrogens (tertiary/aromatic N) is 2. The molecule has 4 heteroatoms. The van der Waals surface area contributed by atoms with E-state index in [0.29, 0.717) is 0 Å². The largest absolute Gasteiger partial charge is 0.249 e. The molecule has 1 heterocycles. The molecule has 0 aromatic carbocycles. The average Bonchev–Trinajstić information content (AvgIpc) is 2.31. The summed E-state index contributed by atoms with van der Waals surface area (Å²) >= 11 is 5.14. The molecule has 2 nitrogen and oxygen atoms in total. The van der Waals surface area contributed by atoms with E-state index in [1.54, 1.807) is 11.8 Å². The van der Waals surface area contributed by atoms with Crippen molar-refractivity contribution in [2.24, 2.45) is 5.41 Å². The van der Waals surface area contributed by atoms with Crippen molar-refractivity contribution in [2.45, 2.75) is 38.1 Å². The van der Waals surface area contributed by atoms with Crippen LogP contribution in [-0.2, 0) is 0 Å². The molecule has 0 atom stereocenters. The van der Waals surface area contributed by atoms with Crippen molar-refractivity contribution in [2.75, 3.05) is 5.75 Å². The van der Waals surface area contributed by atoms with Crippen LogP contribution in [0.5, 0.6) is 0 Å². The van der Waals surface area contributed by atoms with Gasteiger partial charge in [-0.2, -0.15) is 5.26 Å². The monoisotopic (exact) mass is 312 g/mol. The summed E-state index contributed by atoms with van der Waals surface area (Å²) in [5.41, 5.74) is -0.180. The molecule has 0 radical (unpaired) electrons. The number of unbranched alkanes of at least 4 members (excludes halogenated alkanes) is 1. The third-order valence-corrected chi connectivity index (χ3v) is 3.95. The fourth-order valence-electron chi connectivity index (χ4n) is 1.35. The predicted molar refractivity (Wildman–Crippen MR) is 75.9 cm³/mol. The SMILES string of the molecule is CC(C)(C#N)CCCCSc1ccc(Br)cn1. The molecule has 0 saturated heterocycles. The highest BCUT2D eigenvalue weighted by Crippen LogP contribution is 2.24. The summed E-state index contributed by atoms with van der Waals surface area (Å²) < 4.78 is 1.01. The van der Waals surface area contributed by atoms with Crippen molar-refractivity contribution in [3.63, 3.8) is 0 Å². The van der Waals surface area contributed by atoms with Crippen LogP contribution in [0.2, 0.25) is 0 Å². The zero-order valence-electron chi connectivity index (χ0n) is 10.2. The van der Waals surface area contributed by atoms with Crippen LogP contribution in [0, 0.1) is 16.7 Å². The van der Waals surface area contributed by atoms with Crippen LogP contribution in [0.15, 0.2) is 27.8 Å². The molecule has 0 bridgehead atoms. The normalized spacial score (nSPS) is 11.2. The van der Waals surface area contributed by atoms with Gasteiger partial charge in [0, 0.05) is 10.7 Å². The van der Waals surface area contributed by atoms with Gasteiger partial charge in [0.1, 0.15) is 0 Å². The molecular formula is C13H17BrN2S. The number of nitriles is 1. The van der Waals surface area contributed by atoms with Gasteiger partial charge in [0.05, 0.1) is 16.5 Å². The summed E-state index contributed by atoms with van der Waals surface area (Å²) in [7, 11) is 0. The van der Waals surface area contributed by atoms with Crippen LogP contribution in [0.4, 0.5) is 0 Å². The number of thioether (sulfide) groups is 1. The lowest BCUT2D eigenvalue weighted by Crippen LogP contribution is -2.07. The molecule has 0 unspecified atom stereocenters. The molecule has 0 fully saturated rings. The van der Waals surface area contributed by atoms with Gasteiger partial charge in [-0.3, -0.25) is 0 Å². The fraction of sp³-hybridized carbons (Fsp3) is 0.538. The summed E-state index contributed by atoms with van der Waals surface area (Å²) in [5.74, 6) is 1.07. The zero-order chi connectivity index (χ0) is 12.7. The Morgan fingerprint density at radius 3 is 2.76 bits per heavy atom. The van der Waals surface area contributed by atoms with Crippen molar-refractivity contribution in [3.05, 3.63) is 22.8 Å². The minimum Gasteiger partial charge on any atom is -0.249 e. The lowest BCUT2D eigenvalue weighted by molar-refractivity contribution is 0.433. The molecule has 0 aliphatic heterocycles. The summed E-state index contributed by atoms with van der Waals surface area (Å²) in [6.45, 7) is 3.99. The molecule has 0 N–H and O–H groups in total. The predicted octanol–water partition coefficient (Wildman–Crippen LogP) is 4.66. The van der Waals surface area contributed by atoms with Gasteiger partial charge < -0.3 is 0 Å². The Morgan fingerprint density at radius 1 is 1.41 bits per heavy atom. The molecule has 0 aliphatic rings. The number of pyridine rings is 1. The number of aromatic nitrogens is 1. The molecule has 0 spiro atoms. The number of hydrogen-bond acceptors (Lipinski definition) is 3. The van der Waals surface area contributed by atoms with E-state index in [-0.39, 0.29) is 5.41 Å². The van der Waals surface area contributed by atoms with Crippen LogP contribution >= 0.6 is 27.7 Å². The highest BCUT2D eigenvalue weighted by atomic mass is 79.9. The molecular weight excluding hydrogens is 296 g/mol. The number of hydrogen-bond donors (Lipinski definition) is 0. The van der Waals surface area contributed by atoms with E-state index < -0.39 is 0 Å². The van der Waals surface area contributed by atoms with Gasteiger partial charge in [-0.05, 0) is 60.5 Å². The lowest BCUT2D eigenvalue weighted by Gasteiger charge is -2.13. The molecule has 1 aromatic rings. The van der Waals surface area contributed by atoms with Gasteiger partial charge in [-0.1, -0.05) is 6.42 Å². The smallest absolute Gasteiger partial charge is 0.0960 e. The van der Waals surface area contributed by atoms with Gasteiger partial charge in [-0.15, -0.1) is 11.8 Å². The van der Waals surface area contributed by atoms with E-state index in [1.165, 1.54) is 0 Å². The quantitative estimate of drug-likeness (QED) is 0.566. The Hall–Kier alpha value is -0.530. The maximum Gasteiger partial charge on any atom is 0.0960 e. The molecule has 1 aromatic heterocycles. The Morgan fingerprint density at radius 2 is 2.18 bits per heavy atom. The van der Waals surface area contributed by atoms with Gasteiger partial charge >= 0.3 is 0 Å². The first kappa shape index (κ1) is 14.5. The van der Waals surface area contributed by atoms with Gasteiger partial charge in [0.25, 0.3) is 0 Å². The Labute approximate surface area is 116 Å². The summed E-state index contributed by atoms with van der Waals surface area (Å²) in [5, 5.41) is 9.95. The van der Waals surface area contributed by atoms with Gasteiger partial charge in [0.2, 0.25) is 0 Å². The van der Waals surface area contributed by atoms with Crippen molar-refractivity contribution >= 4 is 27.7 Å². The average molecular weight is 313 g/mol. The first-order valence-corrected chi connectivity index (χ1v) is 7.47. The topological polar surface area (TPSA) is 36.7 Å². The first-order valence-electron chi connectivity index (χ1n) is 5.69. The van der Waals surface area contributed by atoms with Crippen LogP contribution in [-0.4, -0.2) is 10.7 Å². The van der Waals surface area contributed by atoms with Crippen LogP contribution in [0.3, 0.4) is 0 Å². The van der Waals surface area contributed by atoms with E-state index in [9.17, 15) is 0 Å². The van der Waals surface area contributed by atoms with Gasteiger partial charge in [0.15, 0.2) is 0 Å². The van der Waals surface area contributed by atoms with Crippen molar-refractivity contribution in [1.82, 2.24) is 4.98 Å². The van der Waals surface area contributed by atoms with E-state index in [4.69, 9.17) is 5.26 Å². The molecule has 17 heavy (non-hydrogen) atoms. The van der Waals surface area contributed by atoms with Crippen molar-refractivity contribution in [3.8, 4) is 6.07 Å². The van der Waals surface area contributed by atoms with Crippen LogP contribution in [0.1, 0.15) is 33.1 Å². The van der Waals surface area contributed by atoms with E-state index in [1.807, 2.05) is 32.2 Å². The maximum atomic E-state index is 8.88. The number of rotatable bonds is 6. The zero-order valence-corrected chi connectivity index (χ0v) is 12.6. The van der Waals surface area contributed by atoms with E-state index in [2.05, 4.69) is 27.0 Å². The minimum absolute atomic E-state index is 0.180. The standard InChI is InChI=1S/C13H17BrN2S/c1-13(2,10-15)7-3-4-8-17-12-6-5-11(14)9-16-12/h5-6,9H,3-4,7-8H2,1-2H3. The first-order chi connectivity index (χ1) is 8.03. The van der Waals surface area contributed by atoms with Crippen molar-refractivity contribution in [1.29, 1.82) is 5.26 Å². The van der Waals surface area contributed by atoms with E-state index >= 15 is 0 Å². The van der Waals surface area contributed by atoms with Crippen LogP contribution in [0.25, 0.3) is 0 Å². The highest BCUT2D eigenvalue weighted by Gasteiger charge is 2.15. The second-order valence-electron chi connectivity index (χ2n) is 4.62. The third-order valence-electron chi connectivity index (χ3n) is 2.45. The molecule has 92 valence electrons. The summed E-state index contributed by atoms with van der Waals surface area (Å²) in [6, 6.07) is 6.36. The molecule has 0 aliphatic carbocycles. The lowest BCUT2D eigenvalue weighted by atomic mass is 9.89. The second-order valence-corrected chi connectivity index (χ2v) is 6.65.